The van der Waals surface area contributed by atoms with E-state index >= 15 is 0 Å². The highest BCUT2D eigenvalue weighted by molar-refractivity contribution is 9.10. The fourth-order valence-corrected chi connectivity index (χ4v) is 2.65. The summed E-state index contributed by atoms with van der Waals surface area (Å²) >= 11 is 8.54. The van der Waals surface area contributed by atoms with Crippen LogP contribution in [0.5, 0.6) is 0 Å². The first-order valence-corrected chi connectivity index (χ1v) is 8.87. The van der Waals surface area contributed by atoms with Gasteiger partial charge in [-0.05, 0) is 52.6 Å². The molecule has 0 unspecified atom stereocenters. The summed E-state index contributed by atoms with van der Waals surface area (Å²) in [7, 11) is 0. The van der Waals surface area contributed by atoms with Gasteiger partial charge in [0.15, 0.2) is 5.11 Å². The third-order valence-corrected chi connectivity index (χ3v) is 4.44. The molecule has 1 atom stereocenters. The van der Waals surface area contributed by atoms with E-state index in [4.69, 9.17) is 12.2 Å². The number of carbonyl (C=O) groups excluding carboxylic acids is 1. The van der Waals surface area contributed by atoms with Gasteiger partial charge in [0.05, 0.1) is 5.56 Å². The van der Waals surface area contributed by atoms with E-state index in [-0.39, 0.29) is 5.91 Å². The minimum absolute atomic E-state index is 0.227. The van der Waals surface area contributed by atoms with Crippen molar-refractivity contribution >= 4 is 39.2 Å². The number of hydrazine groups is 1. The lowest BCUT2D eigenvalue weighted by Crippen LogP contribution is -2.47. The molecule has 0 aliphatic carbocycles. The molecule has 0 spiro atoms. The third kappa shape index (κ3) is 6.75. The van der Waals surface area contributed by atoms with Crippen molar-refractivity contribution in [3.63, 3.8) is 0 Å². The van der Waals surface area contributed by atoms with Gasteiger partial charge in [-0.3, -0.25) is 15.6 Å². The van der Waals surface area contributed by atoms with Gasteiger partial charge in [-0.25, -0.2) is 0 Å². The molecular formula is C16H24BrN3OS. The summed E-state index contributed by atoms with van der Waals surface area (Å²) in [5, 5.41) is 3.60. The van der Waals surface area contributed by atoms with Gasteiger partial charge in [-0.1, -0.05) is 45.2 Å². The maximum atomic E-state index is 12.0. The molecule has 0 fully saturated rings. The predicted molar refractivity (Wildman–Crippen MR) is 98.7 cm³/mol. The Labute approximate surface area is 146 Å². The average Bonchev–Trinajstić information content (AvgIpc) is 2.53. The standard InChI is InChI=1S/C16H24BrN3OS/c1-3-5-8-12(4-2)11-18-16(22)20-19-15(21)13-9-6-7-10-14(13)17/h6-7,9-10,12H,3-5,8,11H2,1-2H3,(H,19,21)(H2,18,20,22)/t12-/m0/s1. The van der Waals surface area contributed by atoms with Crippen LogP contribution in [0.25, 0.3) is 0 Å². The smallest absolute Gasteiger partial charge is 0.270 e. The minimum Gasteiger partial charge on any atom is -0.361 e. The number of rotatable bonds is 7. The van der Waals surface area contributed by atoms with E-state index in [1.54, 1.807) is 6.07 Å². The second kappa shape index (κ2) is 10.6. The molecule has 0 radical (unpaired) electrons. The van der Waals surface area contributed by atoms with Crippen LogP contribution >= 0.6 is 28.1 Å². The molecule has 0 saturated heterocycles. The second-order valence-corrected chi connectivity index (χ2v) is 6.45. The van der Waals surface area contributed by atoms with Gasteiger partial charge < -0.3 is 5.32 Å². The van der Waals surface area contributed by atoms with Crippen LogP contribution in [0.15, 0.2) is 28.7 Å². The Bertz CT molecular complexity index is 496. The van der Waals surface area contributed by atoms with Crippen molar-refractivity contribution in [2.75, 3.05) is 6.54 Å². The number of halogens is 1. The van der Waals surface area contributed by atoms with Crippen LogP contribution in [0.2, 0.25) is 0 Å². The Hall–Kier alpha value is -1.14. The van der Waals surface area contributed by atoms with Crippen molar-refractivity contribution < 1.29 is 4.79 Å². The number of benzene rings is 1. The van der Waals surface area contributed by atoms with Crippen LogP contribution in [0.4, 0.5) is 0 Å². The molecule has 0 aliphatic rings. The van der Waals surface area contributed by atoms with Crippen LogP contribution in [0.1, 0.15) is 49.9 Å². The van der Waals surface area contributed by atoms with Crippen molar-refractivity contribution in [3.8, 4) is 0 Å². The molecule has 1 rings (SSSR count). The summed E-state index contributed by atoms with van der Waals surface area (Å²) in [6.07, 6.45) is 4.77. The lowest BCUT2D eigenvalue weighted by Gasteiger charge is -2.17. The van der Waals surface area contributed by atoms with Crippen LogP contribution < -0.4 is 16.2 Å². The Morgan fingerprint density at radius 3 is 2.64 bits per heavy atom. The van der Waals surface area contributed by atoms with E-state index in [0.717, 1.165) is 17.4 Å². The Balaban J connectivity index is 2.34. The van der Waals surface area contributed by atoms with Crippen LogP contribution in [0, 0.1) is 5.92 Å². The zero-order chi connectivity index (χ0) is 16.4. The first kappa shape index (κ1) is 18.9. The maximum Gasteiger partial charge on any atom is 0.270 e. The summed E-state index contributed by atoms with van der Waals surface area (Å²) < 4.78 is 0.749. The van der Waals surface area contributed by atoms with Crippen molar-refractivity contribution in [1.82, 2.24) is 16.2 Å². The van der Waals surface area contributed by atoms with E-state index in [1.807, 2.05) is 18.2 Å². The van der Waals surface area contributed by atoms with Gasteiger partial charge in [0.2, 0.25) is 0 Å². The zero-order valence-corrected chi connectivity index (χ0v) is 15.5. The normalized spacial score (nSPS) is 11.6. The summed E-state index contributed by atoms with van der Waals surface area (Å²) in [4.78, 5) is 12.0. The monoisotopic (exact) mass is 385 g/mol. The lowest BCUT2D eigenvalue weighted by atomic mass is 9.99. The van der Waals surface area contributed by atoms with Crippen molar-refractivity contribution in [3.05, 3.63) is 34.3 Å². The molecular weight excluding hydrogens is 362 g/mol. The zero-order valence-electron chi connectivity index (χ0n) is 13.1. The average molecular weight is 386 g/mol. The number of amides is 1. The van der Waals surface area contributed by atoms with Gasteiger partial charge in [-0.2, -0.15) is 0 Å². The Morgan fingerprint density at radius 1 is 1.27 bits per heavy atom. The maximum absolute atomic E-state index is 12.0. The molecule has 0 saturated carbocycles. The van der Waals surface area contributed by atoms with Crippen molar-refractivity contribution in [2.45, 2.75) is 39.5 Å². The summed E-state index contributed by atoms with van der Waals surface area (Å²) in [5.41, 5.74) is 5.91. The van der Waals surface area contributed by atoms with Crippen LogP contribution in [-0.2, 0) is 0 Å². The quantitative estimate of drug-likeness (QED) is 0.493. The van der Waals surface area contributed by atoms with Crippen LogP contribution in [-0.4, -0.2) is 17.6 Å². The SMILES string of the molecule is CCCC[C@H](CC)CNC(=S)NNC(=O)c1ccccc1Br. The van der Waals surface area contributed by atoms with Gasteiger partial charge in [-0.15, -0.1) is 0 Å². The number of nitrogens with one attached hydrogen (secondary N) is 3. The number of hydrogen-bond donors (Lipinski definition) is 3. The Morgan fingerprint density at radius 2 is 2.00 bits per heavy atom. The third-order valence-electron chi connectivity index (χ3n) is 3.50. The fourth-order valence-electron chi connectivity index (χ4n) is 2.05. The molecule has 122 valence electrons. The minimum atomic E-state index is -0.227. The van der Waals surface area contributed by atoms with E-state index in [1.165, 1.54) is 19.3 Å². The van der Waals surface area contributed by atoms with Gasteiger partial charge in [0.25, 0.3) is 5.91 Å². The number of unbranched alkanes of at least 4 members (excludes halogenated alkanes) is 1. The van der Waals surface area contributed by atoms with Gasteiger partial charge in [0.1, 0.15) is 0 Å². The molecule has 1 amide bonds. The predicted octanol–water partition coefficient (Wildman–Crippen LogP) is 3.77. The van der Waals surface area contributed by atoms with E-state index in [2.05, 4.69) is 45.9 Å². The molecule has 4 nitrogen and oxygen atoms in total. The van der Waals surface area contributed by atoms with Gasteiger partial charge >= 0.3 is 0 Å². The summed E-state index contributed by atoms with van der Waals surface area (Å²) in [6.45, 7) is 5.21. The van der Waals surface area contributed by atoms with Crippen molar-refractivity contribution in [2.24, 2.45) is 5.92 Å². The molecule has 6 heteroatoms. The molecule has 1 aromatic carbocycles. The van der Waals surface area contributed by atoms with E-state index in [0.29, 0.717) is 16.6 Å². The highest BCUT2D eigenvalue weighted by Crippen LogP contribution is 2.15. The van der Waals surface area contributed by atoms with Gasteiger partial charge in [0, 0.05) is 11.0 Å². The highest BCUT2D eigenvalue weighted by Gasteiger charge is 2.10. The molecule has 0 aliphatic heterocycles. The summed E-state index contributed by atoms with van der Waals surface area (Å²) in [6, 6.07) is 7.25. The molecule has 22 heavy (non-hydrogen) atoms. The Kier molecular flexibility index (Phi) is 9.08. The largest absolute Gasteiger partial charge is 0.361 e. The topological polar surface area (TPSA) is 53.2 Å². The highest BCUT2D eigenvalue weighted by atomic mass is 79.9. The number of carbonyl (C=O) groups is 1. The van der Waals surface area contributed by atoms with E-state index < -0.39 is 0 Å². The van der Waals surface area contributed by atoms with E-state index in [9.17, 15) is 4.79 Å². The molecule has 0 heterocycles. The molecule has 0 bridgehead atoms. The molecule has 1 aromatic rings. The molecule has 0 aromatic heterocycles. The first-order chi connectivity index (χ1) is 10.6. The lowest BCUT2D eigenvalue weighted by molar-refractivity contribution is 0.0943. The number of thiocarbonyl (C=S) groups is 1. The molecule has 3 N–H and O–H groups in total. The fraction of sp³-hybridized carbons (Fsp3) is 0.500. The number of hydrogen-bond acceptors (Lipinski definition) is 2. The first-order valence-electron chi connectivity index (χ1n) is 7.67. The summed E-state index contributed by atoms with van der Waals surface area (Å²) in [5.74, 6) is 0.383. The van der Waals surface area contributed by atoms with Crippen molar-refractivity contribution in [1.29, 1.82) is 0 Å². The second-order valence-electron chi connectivity index (χ2n) is 5.19. The van der Waals surface area contributed by atoms with Crippen LogP contribution in [0.3, 0.4) is 0 Å².